The predicted molar refractivity (Wildman–Crippen MR) is 87.6 cm³/mol. The van der Waals surface area contributed by atoms with Gasteiger partial charge in [0.15, 0.2) is 11.6 Å². The monoisotopic (exact) mass is 342 g/mol. The highest BCUT2D eigenvalue weighted by molar-refractivity contribution is 6.31. The van der Waals surface area contributed by atoms with E-state index in [9.17, 15) is 18.8 Å². The summed E-state index contributed by atoms with van der Waals surface area (Å²) in [4.78, 5) is 15.5. The average Bonchev–Trinajstić information content (AvgIpc) is 2.98. The number of nitrogens with zero attached hydrogens (tertiary/aromatic N) is 1. The van der Waals surface area contributed by atoms with Gasteiger partial charge in [-0.3, -0.25) is 4.79 Å². The molecule has 0 saturated carbocycles. The standard InChI is InChI=1S/C18H9ClF2N2O/c19-12-4-5-13-14(9-23-16(13)7-12)18(24)11(8-22)6-10-2-1-3-15(20)17(10)21/h1-7,9,23H. The van der Waals surface area contributed by atoms with Gasteiger partial charge < -0.3 is 4.98 Å². The van der Waals surface area contributed by atoms with Crippen LogP contribution in [0.15, 0.2) is 48.2 Å². The van der Waals surface area contributed by atoms with Gasteiger partial charge in [0, 0.05) is 33.2 Å². The first-order chi connectivity index (χ1) is 11.5. The molecule has 0 unspecified atom stereocenters. The molecule has 0 saturated heterocycles. The summed E-state index contributed by atoms with van der Waals surface area (Å²) in [7, 11) is 0. The molecule has 3 aromatic rings. The van der Waals surface area contributed by atoms with Crippen molar-refractivity contribution in [3.8, 4) is 6.07 Å². The Hall–Kier alpha value is -2.97. The fourth-order valence-corrected chi connectivity index (χ4v) is 2.54. The lowest BCUT2D eigenvalue weighted by atomic mass is 10.0. The van der Waals surface area contributed by atoms with E-state index in [-0.39, 0.29) is 16.7 Å². The van der Waals surface area contributed by atoms with Crippen LogP contribution in [0.1, 0.15) is 15.9 Å². The van der Waals surface area contributed by atoms with Crippen molar-refractivity contribution in [2.75, 3.05) is 0 Å². The van der Waals surface area contributed by atoms with Gasteiger partial charge in [0.05, 0.1) is 0 Å². The predicted octanol–water partition coefficient (Wildman–Crippen LogP) is 4.89. The van der Waals surface area contributed by atoms with Crippen molar-refractivity contribution >= 4 is 34.4 Å². The maximum absolute atomic E-state index is 13.7. The smallest absolute Gasteiger partial charge is 0.205 e. The van der Waals surface area contributed by atoms with Crippen LogP contribution in [0.25, 0.3) is 17.0 Å². The van der Waals surface area contributed by atoms with Gasteiger partial charge >= 0.3 is 0 Å². The van der Waals surface area contributed by atoms with Crippen molar-refractivity contribution in [2.24, 2.45) is 0 Å². The summed E-state index contributed by atoms with van der Waals surface area (Å²) in [5.74, 6) is -2.74. The second-order valence-electron chi connectivity index (χ2n) is 5.03. The van der Waals surface area contributed by atoms with Crippen molar-refractivity contribution < 1.29 is 13.6 Å². The van der Waals surface area contributed by atoms with E-state index in [4.69, 9.17) is 11.6 Å². The highest BCUT2D eigenvalue weighted by Gasteiger charge is 2.18. The van der Waals surface area contributed by atoms with E-state index in [1.165, 1.54) is 18.3 Å². The number of Topliss-reactive ketones (excluding diaryl/α,β-unsaturated/α-hetero) is 1. The molecule has 24 heavy (non-hydrogen) atoms. The summed E-state index contributed by atoms with van der Waals surface area (Å²) < 4.78 is 27.0. The molecule has 0 amide bonds. The number of hydrogen-bond acceptors (Lipinski definition) is 2. The number of aromatic nitrogens is 1. The Kier molecular flexibility index (Phi) is 4.15. The molecule has 1 N–H and O–H groups in total. The molecule has 0 aliphatic rings. The zero-order valence-corrected chi connectivity index (χ0v) is 12.9. The molecule has 0 bridgehead atoms. The minimum Gasteiger partial charge on any atom is -0.360 e. The van der Waals surface area contributed by atoms with Crippen LogP contribution in [0.2, 0.25) is 5.02 Å². The van der Waals surface area contributed by atoms with Gasteiger partial charge in [-0.05, 0) is 24.3 Å². The van der Waals surface area contributed by atoms with E-state index >= 15 is 0 Å². The van der Waals surface area contributed by atoms with Crippen LogP contribution >= 0.6 is 11.6 Å². The molecule has 3 nitrogen and oxygen atoms in total. The van der Waals surface area contributed by atoms with Crippen LogP contribution in [0, 0.1) is 23.0 Å². The van der Waals surface area contributed by atoms with Crippen LogP contribution in [0.4, 0.5) is 8.78 Å². The minimum atomic E-state index is -1.11. The fraction of sp³-hybridized carbons (Fsp3) is 0. The van der Waals surface area contributed by atoms with E-state index in [0.717, 1.165) is 12.1 Å². The number of hydrogen-bond donors (Lipinski definition) is 1. The zero-order chi connectivity index (χ0) is 17.3. The molecule has 0 aliphatic carbocycles. The van der Waals surface area contributed by atoms with Crippen LogP contribution in [0.5, 0.6) is 0 Å². The summed E-state index contributed by atoms with van der Waals surface area (Å²) in [6, 6.07) is 10.2. The Morgan fingerprint density at radius 1 is 1.25 bits per heavy atom. The molecule has 0 atom stereocenters. The van der Waals surface area contributed by atoms with Crippen LogP contribution < -0.4 is 0 Å². The molecule has 1 heterocycles. The summed E-state index contributed by atoms with van der Waals surface area (Å²) in [6.07, 6.45) is 2.49. The molecule has 1 aromatic heterocycles. The lowest BCUT2D eigenvalue weighted by Gasteiger charge is -2.01. The molecular weight excluding hydrogens is 334 g/mol. The first-order valence-corrected chi connectivity index (χ1v) is 7.26. The highest BCUT2D eigenvalue weighted by Crippen LogP contribution is 2.25. The summed E-state index contributed by atoms with van der Waals surface area (Å²) in [5, 5.41) is 10.3. The van der Waals surface area contributed by atoms with Crippen molar-refractivity contribution in [2.45, 2.75) is 0 Å². The fourth-order valence-electron chi connectivity index (χ4n) is 2.37. The van der Waals surface area contributed by atoms with Gasteiger partial charge in [0.2, 0.25) is 5.78 Å². The first-order valence-electron chi connectivity index (χ1n) is 6.88. The molecule has 118 valence electrons. The van der Waals surface area contributed by atoms with Crippen LogP contribution in [-0.4, -0.2) is 10.8 Å². The number of halogens is 3. The number of rotatable bonds is 3. The molecule has 0 fully saturated rings. The lowest BCUT2D eigenvalue weighted by Crippen LogP contribution is -2.01. The Morgan fingerprint density at radius 2 is 2.04 bits per heavy atom. The number of nitriles is 1. The number of benzene rings is 2. The number of ketones is 1. The SMILES string of the molecule is N#CC(=Cc1cccc(F)c1F)C(=O)c1c[nH]c2cc(Cl)ccc12. The Bertz CT molecular complexity index is 1030. The maximum atomic E-state index is 13.7. The van der Waals surface area contributed by atoms with Crippen molar-refractivity contribution in [3.05, 3.63) is 76.0 Å². The normalized spacial score (nSPS) is 11.5. The lowest BCUT2D eigenvalue weighted by molar-refractivity contribution is 0.104. The average molecular weight is 343 g/mol. The van der Waals surface area contributed by atoms with E-state index in [2.05, 4.69) is 4.98 Å². The van der Waals surface area contributed by atoms with Gasteiger partial charge in [0.25, 0.3) is 0 Å². The van der Waals surface area contributed by atoms with Gasteiger partial charge in [-0.1, -0.05) is 29.8 Å². The quantitative estimate of drug-likeness (QED) is 0.418. The number of aromatic amines is 1. The molecule has 3 rings (SSSR count). The molecular formula is C18H9ClF2N2O. The largest absolute Gasteiger partial charge is 0.360 e. The van der Waals surface area contributed by atoms with E-state index in [1.807, 2.05) is 0 Å². The van der Waals surface area contributed by atoms with Crippen LogP contribution in [-0.2, 0) is 0 Å². The van der Waals surface area contributed by atoms with Crippen molar-refractivity contribution in [1.82, 2.24) is 4.98 Å². The van der Waals surface area contributed by atoms with Gasteiger partial charge in [0.1, 0.15) is 11.6 Å². The van der Waals surface area contributed by atoms with Gasteiger partial charge in [-0.25, -0.2) is 8.78 Å². The summed E-state index contributed by atoms with van der Waals surface area (Å²) in [6.45, 7) is 0. The number of nitrogens with one attached hydrogen (secondary N) is 1. The zero-order valence-electron chi connectivity index (χ0n) is 12.1. The third kappa shape index (κ3) is 2.80. The third-order valence-electron chi connectivity index (χ3n) is 3.53. The number of H-pyrrole nitrogens is 1. The molecule has 0 aliphatic heterocycles. The van der Waals surface area contributed by atoms with Gasteiger partial charge in [-0.2, -0.15) is 5.26 Å². The Morgan fingerprint density at radius 3 is 2.79 bits per heavy atom. The van der Waals surface area contributed by atoms with E-state index in [1.54, 1.807) is 24.3 Å². The third-order valence-corrected chi connectivity index (χ3v) is 3.77. The first kappa shape index (κ1) is 15.9. The minimum absolute atomic E-state index is 0.164. The molecule has 2 aromatic carbocycles. The number of carbonyl (C=O) groups excluding carboxylic acids is 1. The summed E-state index contributed by atoms with van der Waals surface area (Å²) >= 11 is 5.89. The summed E-state index contributed by atoms with van der Waals surface area (Å²) in [5.41, 5.74) is 0.435. The highest BCUT2D eigenvalue weighted by atomic mass is 35.5. The molecule has 0 radical (unpaired) electrons. The second kappa shape index (κ2) is 6.26. The number of fused-ring (bicyclic) bond motifs is 1. The van der Waals surface area contributed by atoms with Crippen molar-refractivity contribution in [1.29, 1.82) is 5.26 Å². The maximum Gasteiger partial charge on any atom is 0.205 e. The Labute approximate surface area is 140 Å². The van der Waals surface area contributed by atoms with Crippen molar-refractivity contribution in [3.63, 3.8) is 0 Å². The number of carbonyl (C=O) groups is 1. The van der Waals surface area contributed by atoms with Gasteiger partial charge in [-0.15, -0.1) is 0 Å². The van der Waals surface area contributed by atoms with Crippen LogP contribution in [0.3, 0.4) is 0 Å². The topological polar surface area (TPSA) is 56.6 Å². The Balaban J connectivity index is 2.07. The van der Waals surface area contributed by atoms with E-state index in [0.29, 0.717) is 15.9 Å². The molecule has 6 heteroatoms. The second-order valence-corrected chi connectivity index (χ2v) is 5.47. The number of allylic oxidation sites excluding steroid dienone is 1. The molecule has 0 spiro atoms. The van der Waals surface area contributed by atoms with E-state index < -0.39 is 17.4 Å².